The molecule has 0 aliphatic carbocycles. The number of aromatic carboxylic acids is 1. The third kappa shape index (κ3) is 5.41. The average molecular weight is 490 g/mol. The normalized spacial score (nSPS) is 14.5. The Kier molecular flexibility index (Phi) is 8.16. The molecule has 0 radical (unpaired) electrons. The van der Waals surface area contributed by atoms with E-state index < -0.39 is 5.97 Å². The number of fused-ring (bicyclic) bond motifs is 1. The van der Waals surface area contributed by atoms with Crippen molar-refractivity contribution in [1.82, 2.24) is 0 Å². The molecule has 0 atom stereocenters. The monoisotopic (exact) mass is 489 g/mol. The number of nitrogens with two attached hydrogens (primary N) is 1. The molecular formula is C28H29N2O2S2+. The Morgan fingerprint density at radius 3 is 2.47 bits per heavy atom. The summed E-state index contributed by atoms with van der Waals surface area (Å²) in [5.74, 6) is -0.170. The quantitative estimate of drug-likeness (QED) is 0.275. The van der Waals surface area contributed by atoms with Crippen molar-refractivity contribution in [3.8, 4) is 0 Å². The molecule has 4 rings (SSSR count). The maximum atomic E-state index is 12.0. The number of carboxylic acid groups (broad SMARTS) is 1. The third-order valence-electron chi connectivity index (χ3n) is 5.59. The molecule has 0 spiro atoms. The van der Waals surface area contributed by atoms with Gasteiger partial charge in [-0.15, -0.1) is 11.8 Å². The zero-order valence-electron chi connectivity index (χ0n) is 19.4. The van der Waals surface area contributed by atoms with Gasteiger partial charge in [0.1, 0.15) is 5.69 Å². The van der Waals surface area contributed by atoms with Crippen LogP contribution in [0.3, 0.4) is 0 Å². The van der Waals surface area contributed by atoms with Crippen molar-refractivity contribution in [3.63, 3.8) is 0 Å². The van der Waals surface area contributed by atoms with Gasteiger partial charge in [0.15, 0.2) is 0 Å². The molecule has 0 saturated heterocycles. The van der Waals surface area contributed by atoms with Crippen LogP contribution < -0.4 is 10.2 Å². The number of thioether (sulfide) groups is 2. The fraction of sp³-hybridized carbons (Fsp3) is 0.179. The van der Waals surface area contributed by atoms with Crippen molar-refractivity contribution >= 4 is 46.4 Å². The lowest BCUT2D eigenvalue weighted by atomic mass is 9.99. The molecule has 0 amide bonds. The highest BCUT2D eigenvalue weighted by molar-refractivity contribution is 8.03. The van der Waals surface area contributed by atoms with Gasteiger partial charge in [-0.3, -0.25) is 0 Å². The lowest BCUT2D eigenvalue weighted by Crippen LogP contribution is -2.77. The van der Waals surface area contributed by atoms with E-state index in [0.29, 0.717) is 5.56 Å². The fourth-order valence-corrected chi connectivity index (χ4v) is 6.12. The van der Waals surface area contributed by atoms with E-state index in [9.17, 15) is 9.90 Å². The van der Waals surface area contributed by atoms with Crippen LogP contribution in [0.15, 0.2) is 99.8 Å². The molecule has 3 aromatic rings. The number of quaternary nitrogens is 1. The summed E-state index contributed by atoms with van der Waals surface area (Å²) in [6.07, 6.45) is 4.29. The zero-order valence-corrected chi connectivity index (χ0v) is 21.0. The third-order valence-corrected chi connectivity index (χ3v) is 7.71. The van der Waals surface area contributed by atoms with Gasteiger partial charge < -0.3 is 15.3 Å². The lowest BCUT2D eigenvalue weighted by molar-refractivity contribution is -0.570. The van der Waals surface area contributed by atoms with Crippen LogP contribution in [0, 0.1) is 0 Å². The summed E-state index contributed by atoms with van der Waals surface area (Å²) in [6, 6.07) is 24.1. The predicted molar refractivity (Wildman–Crippen MR) is 144 cm³/mol. The highest BCUT2D eigenvalue weighted by Gasteiger charge is 2.24. The van der Waals surface area contributed by atoms with Crippen LogP contribution in [0.1, 0.15) is 29.8 Å². The lowest BCUT2D eigenvalue weighted by Gasteiger charge is -2.19. The number of anilines is 1. The van der Waals surface area contributed by atoms with Gasteiger partial charge in [-0.05, 0) is 55.3 Å². The van der Waals surface area contributed by atoms with Gasteiger partial charge in [0.2, 0.25) is 0 Å². The largest absolute Gasteiger partial charge is 0.478 e. The van der Waals surface area contributed by atoms with Crippen LogP contribution in [-0.2, 0) is 0 Å². The number of rotatable bonds is 9. The Balaban J connectivity index is 1.70. The number of para-hydroxylation sites is 2. The molecule has 0 unspecified atom stereocenters. The summed E-state index contributed by atoms with van der Waals surface area (Å²) in [5.41, 5.74) is 4.43. The molecule has 3 aromatic carbocycles. The SMILES string of the molecule is CC[NH2+]c1ccccc1SC/C=C(/C=C1\Sc2ccccc2N1CC)c1ccccc1C(=O)O. The van der Waals surface area contributed by atoms with E-state index in [1.165, 1.54) is 21.2 Å². The van der Waals surface area contributed by atoms with E-state index in [1.54, 1.807) is 35.7 Å². The summed E-state index contributed by atoms with van der Waals surface area (Å²) in [4.78, 5) is 16.7. The van der Waals surface area contributed by atoms with Crippen molar-refractivity contribution < 1.29 is 15.2 Å². The van der Waals surface area contributed by atoms with E-state index in [4.69, 9.17) is 0 Å². The van der Waals surface area contributed by atoms with Gasteiger partial charge in [-0.2, -0.15) is 0 Å². The smallest absolute Gasteiger partial charge is 0.336 e. The molecule has 0 aromatic heterocycles. The average Bonchev–Trinajstić information content (AvgIpc) is 3.21. The summed E-state index contributed by atoms with van der Waals surface area (Å²) >= 11 is 3.50. The number of hydrogen-bond donors (Lipinski definition) is 2. The van der Waals surface area contributed by atoms with Gasteiger partial charge in [0, 0.05) is 23.3 Å². The van der Waals surface area contributed by atoms with Crippen molar-refractivity contribution in [3.05, 3.63) is 101 Å². The summed E-state index contributed by atoms with van der Waals surface area (Å²) in [7, 11) is 0. The van der Waals surface area contributed by atoms with E-state index in [2.05, 4.69) is 84.7 Å². The number of benzene rings is 3. The summed E-state index contributed by atoms with van der Waals surface area (Å²) in [6.45, 7) is 6.12. The molecule has 6 heteroatoms. The molecule has 4 nitrogen and oxygen atoms in total. The van der Waals surface area contributed by atoms with Crippen LogP contribution in [0.2, 0.25) is 0 Å². The van der Waals surface area contributed by atoms with E-state index >= 15 is 0 Å². The van der Waals surface area contributed by atoms with Crippen molar-refractivity contribution in [2.24, 2.45) is 0 Å². The minimum atomic E-state index is -0.912. The van der Waals surface area contributed by atoms with Gasteiger partial charge in [0.05, 0.1) is 27.7 Å². The van der Waals surface area contributed by atoms with Gasteiger partial charge >= 0.3 is 5.97 Å². The molecule has 1 aliphatic rings. The Bertz CT molecular complexity index is 1240. The van der Waals surface area contributed by atoms with Crippen molar-refractivity contribution in [1.29, 1.82) is 0 Å². The van der Waals surface area contributed by atoms with E-state index in [-0.39, 0.29) is 0 Å². The Hall–Kier alpha value is -2.93. The number of allylic oxidation sites excluding steroid dienone is 2. The van der Waals surface area contributed by atoms with Crippen LogP contribution >= 0.6 is 23.5 Å². The zero-order chi connectivity index (χ0) is 23.9. The minimum Gasteiger partial charge on any atom is -0.478 e. The first-order valence-electron chi connectivity index (χ1n) is 11.5. The second kappa shape index (κ2) is 11.5. The van der Waals surface area contributed by atoms with E-state index in [0.717, 1.165) is 35.0 Å². The Morgan fingerprint density at radius 2 is 1.71 bits per heavy atom. The number of carboxylic acids is 1. The second-order valence-electron chi connectivity index (χ2n) is 7.77. The van der Waals surface area contributed by atoms with Gasteiger partial charge in [0.25, 0.3) is 0 Å². The highest BCUT2D eigenvalue weighted by atomic mass is 32.2. The Morgan fingerprint density at radius 1 is 1.00 bits per heavy atom. The predicted octanol–water partition coefficient (Wildman–Crippen LogP) is 6.25. The van der Waals surface area contributed by atoms with Gasteiger partial charge in [-0.25, -0.2) is 4.79 Å². The molecule has 3 N–H and O–H groups in total. The molecule has 34 heavy (non-hydrogen) atoms. The van der Waals surface area contributed by atoms with Gasteiger partial charge in [-0.1, -0.05) is 60.3 Å². The molecule has 174 valence electrons. The highest BCUT2D eigenvalue weighted by Crippen LogP contribution is 2.46. The van der Waals surface area contributed by atoms with Crippen LogP contribution in [0.5, 0.6) is 0 Å². The topological polar surface area (TPSA) is 57.2 Å². The molecule has 0 bridgehead atoms. The number of hydrogen-bond acceptors (Lipinski definition) is 4. The van der Waals surface area contributed by atoms with Crippen molar-refractivity contribution in [2.45, 2.75) is 23.6 Å². The Labute approximate surface area is 209 Å². The van der Waals surface area contributed by atoms with Crippen LogP contribution in [-0.4, -0.2) is 29.9 Å². The van der Waals surface area contributed by atoms with E-state index in [1.807, 2.05) is 12.1 Å². The first-order chi connectivity index (χ1) is 16.6. The molecular weight excluding hydrogens is 460 g/mol. The number of nitrogens with zero attached hydrogens (tertiary/aromatic N) is 1. The second-order valence-corrected chi connectivity index (χ2v) is 9.89. The summed E-state index contributed by atoms with van der Waals surface area (Å²) < 4.78 is 0. The van der Waals surface area contributed by atoms with Crippen LogP contribution in [0.4, 0.5) is 11.4 Å². The summed E-state index contributed by atoms with van der Waals surface area (Å²) in [5, 5.41) is 13.2. The van der Waals surface area contributed by atoms with Crippen LogP contribution in [0.25, 0.3) is 5.57 Å². The van der Waals surface area contributed by atoms with Crippen molar-refractivity contribution in [2.75, 3.05) is 23.7 Å². The minimum absolute atomic E-state index is 0.318. The molecule has 1 heterocycles. The maximum Gasteiger partial charge on any atom is 0.336 e. The maximum absolute atomic E-state index is 12.0. The fourth-order valence-electron chi connectivity index (χ4n) is 4.01. The first-order valence-corrected chi connectivity index (χ1v) is 13.3. The first kappa shape index (κ1) is 24.2. The molecule has 0 fully saturated rings. The standard InChI is InChI=1S/C28H28N2O2S2/c1-3-29-23-13-7-9-15-25(23)33-18-17-20(21-11-5-6-12-22(21)28(31)32)19-27-30(4-2)24-14-8-10-16-26(24)34-27/h5-17,19,29H,3-4,18H2,1-2H3,(H,31,32)/p+1/b20-17-,27-19-. The molecule has 0 saturated carbocycles. The molecule has 1 aliphatic heterocycles. The number of carbonyl (C=O) groups is 1.